The highest BCUT2D eigenvalue weighted by molar-refractivity contribution is 6.39. The van der Waals surface area contributed by atoms with E-state index in [0.29, 0.717) is 35.6 Å². The molecular formula is C14H13ClO3. The first kappa shape index (κ1) is 12.8. The predicted molar refractivity (Wildman–Crippen MR) is 69.1 cm³/mol. The Labute approximate surface area is 110 Å². The molecule has 18 heavy (non-hydrogen) atoms. The van der Waals surface area contributed by atoms with Gasteiger partial charge in [-0.1, -0.05) is 23.7 Å². The number of allylic oxidation sites excluding steroid dienone is 2. The van der Waals surface area contributed by atoms with Crippen LogP contribution in [0.5, 0.6) is 5.75 Å². The van der Waals surface area contributed by atoms with E-state index in [-0.39, 0.29) is 17.1 Å². The molecule has 0 bridgehead atoms. The minimum atomic E-state index is -0.345. The van der Waals surface area contributed by atoms with Crippen molar-refractivity contribution in [2.75, 3.05) is 7.11 Å². The Kier molecular flexibility index (Phi) is 3.82. The summed E-state index contributed by atoms with van der Waals surface area (Å²) >= 11 is 6.01. The summed E-state index contributed by atoms with van der Waals surface area (Å²) in [5, 5.41) is 0.363. The number of halogens is 1. The number of ketones is 2. The molecule has 0 fully saturated rings. The number of methoxy groups -OCH3 is 1. The number of carbonyl (C=O) groups is 2. The minimum Gasteiger partial charge on any atom is -0.496 e. The van der Waals surface area contributed by atoms with Crippen LogP contribution in [0.25, 0.3) is 0 Å². The Morgan fingerprint density at radius 1 is 1.28 bits per heavy atom. The van der Waals surface area contributed by atoms with Gasteiger partial charge in [0.15, 0.2) is 5.78 Å². The molecule has 0 saturated heterocycles. The van der Waals surface area contributed by atoms with Gasteiger partial charge in [-0.25, -0.2) is 0 Å². The lowest BCUT2D eigenvalue weighted by atomic mass is 9.91. The van der Waals surface area contributed by atoms with E-state index >= 15 is 0 Å². The van der Waals surface area contributed by atoms with E-state index in [0.717, 1.165) is 0 Å². The topological polar surface area (TPSA) is 43.4 Å². The highest BCUT2D eigenvalue weighted by Gasteiger charge is 2.27. The van der Waals surface area contributed by atoms with Crippen molar-refractivity contribution in [3.05, 3.63) is 40.4 Å². The molecule has 1 aromatic carbocycles. The van der Waals surface area contributed by atoms with E-state index in [1.165, 1.54) is 7.11 Å². The van der Waals surface area contributed by atoms with Crippen molar-refractivity contribution in [2.45, 2.75) is 19.3 Å². The summed E-state index contributed by atoms with van der Waals surface area (Å²) in [6, 6.07) is 6.83. The number of benzene rings is 1. The highest BCUT2D eigenvalue weighted by Crippen LogP contribution is 2.30. The molecule has 0 N–H and O–H groups in total. The van der Waals surface area contributed by atoms with Crippen LogP contribution in [0, 0.1) is 0 Å². The third-order valence-corrected chi connectivity index (χ3v) is 3.31. The van der Waals surface area contributed by atoms with Crippen molar-refractivity contribution in [1.82, 2.24) is 0 Å². The van der Waals surface area contributed by atoms with Crippen molar-refractivity contribution >= 4 is 23.2 Å². The summed E-state index contributed by atoms with van der Waals surface area (Å²) in [6.45, 7) is 0. The fourth-order valence-corrected chi connectivity index (χ4v) is 2.35. The molecule has 0 aliphatic heterocycles. The largest absolute Gasteiger partial charge is 0.496 e. The summed E-state index contributed by atoms with van der Waals surface area (Å²) in [7, 11) is 1.49. The minimum absolute atomic E-state index is 0.118. The van der Waals surface area contributed by atoms with Crippen LogP contribution >= 0.6 is 11.6 Å². The van der Waals surface area contributed by atoms with Gasteiger partial charge in [0.1, 0.15) is 5.75 Å². The molecule has 94 valence electrons. The van der Waals surface area contributed by atoms with Crippen LogP contribution in [0.3, 0.4) is 0 Å². The van der Waals surface area contributed by atoms with Crippen LogP contribution in [0.15, 0.2) is 34.9 Å². The van der Waals surface area contributed by atoms with Crippen LogP contribution in [-0.4, -0.2) is 18.7 Å². The standard InChI is InChI=1S/C14H13ClO3/c1-18-12-8-3-2-5-9(12)14(17)13-10(15)6-4-7-11(13)16/h2-3,5,8H,4,6-7H2,1H3. The quantitative estimate of drug-likeness (QED) is 0.622. The van der Waals surface area contributed by atoms with E-state index in [4.69, 9.17) is 16.3 Å². The van der Waals surface area contributed by atoms with Crippen LogP contribution in [0.1, 0.15) is 29.6 Å². The van der Waals surface area contributed by atoms with Gasteiger partial charge in [0.25, 0.3) is 0 Å². The molecule has 0 spiro atoms. The maximum Gasteiger partial charge on any atom is 0.201 e. The van der Waals surface area contributed by atoms with Gasteiger partial charge >= 0.3 is 0 Å². The molecule has 0 radical (unpaired) electrons. The van der Waals surface area contributed by atoms with Crippen LogP contribution in [0.2, 0.25) is 0 Å². The first-order valence-electron chi connectivity index (χ1n) is 5.74. The van der Waals surface area contributed by atoms with E-state index in [2.05, 4.69) is 0 Å². The van der Waals surface area contributed by atoms with E-state index in [1.54, 1.807) is 24.3 Å². The molecule has 0 saturated carbocycles. The first-order valence-corrected chi connectivity index (χ1v) is 6.12. The van der Waals surface area contributed by atoms with Gasteiger partial charge in [-0.3, -0.25) is 9.59 Å². The Morgan fingerprint density at radius 3 is 2.67 bits per heavy atom. The van der Waals surface area contributed by atoms with E-state index < -0.39 is 0 Å². The Bertz CT molecular complexity index is 532. The summed E-state index contributed by atoms with van der Waals surface area (Å²) in [6.07, 6.45) is 1.68. The normalized spacial score (nSPS) is 15.8. The number of hydrogen-bond acceptors (Lipinski definition) is 3. The lowest BCUT2D eigenvalue weighted by molar-refractivity contribution is -0.115. The number of ether oxygens (including phenoxy) is 1. The number of Topliss-reactive ketones (excluding diaryl/α,β-unsaturated/α-hetero) is 2. The SMILES string of the molecule is COc1ccccc1C(=O)C1=C(Cl)CCCC1=O. The van der Waals surface area contributed by atoms with Crippen molar-refractivity contribution < 1.29 is 14.3 Å². The number of rotatable bonds is 3. The van der Waals surface area contributed by atoms with Crippen molar-refractivity contribution in [1.29, 1.82) is 0 Å². The Morgan fingerprint density at radius 2 is 2.00 bits per heavy atom. The Balaban J connectivity index is 2.45. The molecule has 0 atom stereocenters. The van der Waals surface area contributed by atoms with Gasteiger partial charge in [0.05, 0.1) is 18.2 Å². The van der Waals surface area contributed by atoms with Crippen molar-refractivity contribution in [3.63, 3.8) is 0 Å². The number of carbonyl (C=O) groups excluding carboxylic acids is 2. The van der Waals surface area contributed by atoms with E-state index in [1.807, 2.05) is 0 Å². The van der Waals surface area contributed by atoms with Gasteiger partial charge in [-0.05, 0) is 25.0 Å². The van der Waals surface area contributed by atoms with Gasteiger partial charge < -0.3 is 4.74 Å². The molecule has 2 rings (SSSR count). The van der Waals surface area contributed by atoms with Crippen LogP contribution < -0.4 is 4.74 Å². The third kappa shape index (κ3) is 2.31. The average molecular weight is 265 g/mol. The molecule has 1 aliphatic carbocycles. The molecule has 3 nitrogen and oxygen atoms in total. The second-order valence-electron chi connectivity index (χ2n) is 4.09. The molecule has 1 aliphatic rings. The zero-order chi connectivity index (χ0) is 13.1. The van der Waals surface area contributed by atoms with Crippen LogP contribution in [0.4, 0.5) is 0 Å². The summed E-state index contributed by atoms with van der Waals surface area (Å²) < 4.78 is 5.13. The molecule has 1 aromatic rings. The molecule has 0 aromatic heterocycles. The molecule has 4 heteroatoms. The maximum atomic E-state index is 12.4. The third-order valence-electron chi connectivity index (χ3n) is 2.93. The first-order chi connectivity index (χ1) is 8.65. The second kappa shape index (κ2) is 5.36. The van der Waals surface area contributed by atoms with Crippen molar-refractivity contribution in [3.8, 4) is 5.75 Å². The monoisotopic (exact) mass is 264 g/mol. The van der Waals surface area contributed by atoms with Gasteiger partial charge in [0.2, 0.25) is 5.78 Å². The number of para-hydroxylation sites is 1. The second-order valence-corrected chi connectivity index (χ2v) is 4.54. The molecule has 0 unspecified atom stereocenters. The highest BCUT2D eigenvalue weighted by atomic mass is 35.5. The van der Waals surface area contributed by atoms with Gasteiger partial charge in [0, 0.05) is 11.5 Å². The average Bonchev–Trinajstić information content (AvgIpc) is 2.38. The maximum absolute atomic E-state index is 12.4. The summed E-state index contributed by atoms with van der Waals surface area (Å²) in [4.78, 5) is 24.2. The van der Waals surface area contributed by atoms with Gasteiger partial charge in [-0.15, -0.1) is 0 Å². The fourth-order valence-electron chi connectivity index (χ4n) is 2.02. The van der Waals surface area contributed by atoms with Crippen LogP contribution in [-0.2, 0) is 4.79 Å². The lowest BCUT2D eigenvalue weighted by Gasteiger charge is -2.15. The van der Waals surface area contributed by atoms with Crippen molar-refractivity contribution in [2.24, 2.45) is 0 Å². The lowest BCUT2D eigenvalue weighted by Crippen LogP contribution is -2.18. The zero-order valence-electron chi connectivity index (χ0n) is 10.0. The molecule has 0 amide bonds. The smallest absolute Gasteiger partial charge is 0.201 e. The van der Waals surface area contributed by atoms with Gasteiger partial charge in [-0.2, -0.15) is 0 Å². The molecular weight excluding hydrogens is 252 g/mol. The summed E-state index contributed by atoms with van der Waals surface area (Å²) in [5.41, 5.74) is 0.496. The predicted octanol–water partition coefficient (Wildman–Crippen LogP) is 3.12. The number of hydrogen-bond donors (Lipinski definition) is 0. The Hall–Kier alpha value is -1.61. The molecule has 0 heterocycles. The fraction of sp³-hybridized carbons (Fsp3) is 0.286. The van der Waals surface area contributed by atoms with E-state index in [9.17, 15) is 9.59 Å². The summed E-state index contributed by atoms with van der Waals surface area (Å²) in [5.74, 6) is -0.0675. The zero-order valence-corrected chi connectivity index (χ0v) is 10.8.